The first-order chi connectivity index (χ1) is 11.0. The van der Waals surface area contributed by atoms with Crippen molar-refractivity contribution in [1.82, 2.24) is 10.6 Å². The van der Waals surface area contributed by atoms with E-state index in [1.807, 2.05) is 19.2 Å². The van der Waals surface area contributed by atoms with Crippen LogP contribution < -0.4 is 20.1 Å². The van der Waals surface area contributed by atoms with E-state index in [0.717, 1.165) is 36.5 Å². The predicted molar refractivity (Wildman–Crippen MR) is 94.7 cm³/mol. The van der Waals surface area contributed by atoms with E-state index in [9.17, 15) is 0 Å². The molecule has 0 heterocycles. The lowest BCUT2D eigenvalue weighted by Gasteiger charge is -2.27. The van der Waals surface area contributed by atoms with Gasteiger partial charge >= 0.3 is 0 Å². The van der Waals surface area contributed by atoms with Gasteiger partial charge in [-0.3, -0.25) is 4.99 Å². The molecule has 23 heavy (non-hydrogen) atoms. The molecular formula is C18H29N3O2. The number of benzene rings is 1. The van der Waals surface area contributed by atoms with Crippen LogP contribution in [-0.2, 0) is 5.41 Å². The zero-order valence-electron chi connectivity index (χ0n) is 14.9. The quantitative estimate of drug-likeness (QED) is 0.599. The van der Waals surface area contributed by atoms with E-state index in [2.05, 4.69) is 35.5 Å². The molecule has 0 saturated heterocycles. The lowest BCUT2D eigenvalue weighted by atomic mass is 9.84. The Balaban J connectivity index is 1.99. The van der Waals surface area contributed by atoms with Crippen molar-refractivity contribution < 1.29 is 9.47 Å². The van der Waals surface area contributed by atoms with Crippen molar-refractivity contribution in [2.75, 3.05) is 34.4 Å². The van der Waals surface area contributed by atoms with Gasteiger partial charge < -0.3 is 20.1 Å². The van der Waals surface area contributed by atoms with Crippen LogP contribution in [-0.4, -0.2) is 40.3 Å². The molecule has 1 aliphatic carbocycles. The summed E-state index contributed by atoms with van der Waals surface area (Å²) in [5.41, 5.74) is 1.14. The van der Waals surface area contributed by atoms with Crippen LogP contribution in [0.25, 0.3) is 0 Å². The van der Waals surface area contributed by atoms with E-state index in [1.54, 1.807) is 14.2 Å². The predicted octanol–water partition coefficient (Wildman–Crippen LogP) is 2.56. The molecule has 5 nitrogen and oxygen atoms in total. The Morgan fingerprint density at radius 2 is 1.87 bits per heavy atom. The highest BCUT2D eigenvalue weighted by Gasteiger charge is 2.24. The maximum Gasteiger partial charge on any atom is 0.191 e. The zero-order chi connectivity index (χ0) is 16.9. The first-order valence-corrected chi connectivity index (χ1v) is 8.17. The van der Waals surface area contributed by atoms with Crippen molar-refractivity contribution in [3.8, 4) is 11.5 Å². The van der Waals surface area contributed by atoms with Gasteiger partial charge in [-0.05, 0) is 36.5 Å². The second-order valence-corrected chi connectivity index (χ2v) is 6.70. The summed E-state index contributed by atoms with van der Waals surface area (Å²) in [5, 5.41) is 6.81. The van der Waals surface area contributed by atoms with Gasteiger partial charge in [0.1, 0.15) is 0 Å². The van der Waals surface area contributed by atoms with Crippen LogP contribution in [0.4, 0.5) is 0 Å². The number of guanidine groups is 1. The molecule has 1 aromatic rings. The fourth-order valence-electron chi connectivity index (χ4n) is 2.45. The van der Waals surface area contributed by atoms with Gasteiger partial charge in [-0.1, -0.05) is 19.9 Å². The minimum absolute atomic E-state index is 0.0588. The minimum atomic E-state index is -0.0588. The maximum absolute atomic E-state index is 5.41. The Morgan fingerprint density at radius 1 is 1.17 bits per heavy atom. The van der Waals surface area contributed by atoms with Gasteiger partial charge in [-0.15, -0.1) is 0 Å². The van der Waals surface area contributed by atoms with E-state index in [-0.39, 0.29) is 5.41 Å². The standard InChI is InChI=1S/C18H29N3O2/c1-18(2,12-21-17(19-3)20-11-13-6-7-13)14-8-9-15(22-4)16(10-14)23-5/h8-10,13H,6-7,11-12H2,1-5H3,(H2,19,20,21). The maximum atomic E-state index is 5.41. The van der Waals surface area contributed by atoms with Gasteiger partial charge in [0, 0.05) is 25.6 Å². The molecule has 0 bridgehead atoms. The first kappa shape index (κ1) is 17.4. The van der Waals surface area contributed by atoms with E-state index in [4.69, 9.17) is 9.47 Å². The average molecular weight is 319 g/mol. The number of methoxy groups -OCH3 is 2. The highest BCUT2D eigenvalue weighted by Crippen LogP contribution is 2.33. The van der Waals surface area contributed by atoms with Gasteiger partial charge in [0.15, 0.2) is 17.5 Å². The molecule has 0 atom stereocenters. The third-order valence-electron chi connectivity index (χ3n) is 4.34. The Kier molecular flexibility index (Phi) is 5.74. The van der Waals surface area contributed by atoms with Crippen molar-refractivity contribution >= 4 is 5.96 Å². The van der Waals surface area contributed by atoms with Gasteiger partial charge in [0.2, 0.25) is 0 Å². The van der Waals surface area contributed by atoms with Crippen LogP contribution in [0.15, 0.2) is 23.2 Å². The summed E-state index contributed by atoms with van der Waals surface area (Å²) in [4.78, 5) is 4.30. The fraction of sp³-hybridized carbons (Fsp3) is 0.611. The Bertz CT molecular complexity index is 551. The lowest BCUT2D eigenvalue weighted by Crippen LogP contribution is -2.44. The van der Waals surface area contributed by atoms with E-state index >= 15 is 0 Å². The number of ether oxygens (including phenoxy) is 2. The molecule has 0 amide bonds. The number of hydrogen-bond acceptors (Lipinski definition) is 3. The lowest BCUT2D eigenvalue weighted by molar-refractivity contribution is 0.353. The largest absolute Gasteiger partial charge is 0.493 e. The van der Waals surface area contributed by atoms with Crippen molar-refractivity contribution in [3.05, 3.63) is 23.8 Å². The molecule has 1 saturated carbocycles. The third-order valence-corrected chi connectivity index (χ3v) is 4.34. The normalized spacial score (nSPS) is 15.3. The van der Waals surface area contributed by atoms with E-state index < -0.39 is 0 Å². The molecule has 0 unspecified atom stereocenters. The van der Waals surface area contributed by atoms with Crippen LogP contribution in [0.3, 0.4) is 0 Å². The molecular weight excluding hydrogens is 290 g/mol. The summed E-state index contributed by atoms with van der Waals surface area (Å²) in [5.74, 6) is 3.20. The van der Waals surface area contributed by atoms with Crippen LogP contribution in [0.1, 0.15) is 32.3 Å². The highest BCUT2D eigenvalue weighted by atomic mass is 16.5. The second kappa shape index (κ2) is 7.57. The van der Waals surface area contributed by atoms with Gasteiger partial charge in [0.05, 0.1) is 14.2 Å². The minimum Gasteiger partial charge on any atom is -0.493 e. The number of rotatable bonds is 7. The zero-order valence-corrected chi connectivity index (χ0v) is 14.9. The first-order valence-electron chi connectivity index (χ1n) is 8.17. The Labute approximate surface area is 139 Å². The summed E-state index contributed by atoms with van der Waals surface area (Å²) in [6, 6.07) is 6.08. The summed E-state index contributed by atoms with van der Waals surface area (Å²) in [6.07, 6.45) is 2.67. The number of nitrogens with one attached hydrogen (secondary N) is 2. The molecule has 0 spiro atoms. The topological polar surface area (TPSA) is 54.9 Å². The molecule has 2 N–H and O–H groups in total. The van der Waals surface area contributed by atoms with Crippen molar-refractivity contribution in [2.24, 2.45) is 10.9 Å². The van der Waals surface area contributed by atoms with Gasteiger partial charge in [-0.2, -0.15) is 0 Å². The molecule has 0 aromatic heterocycles. The smallest absolute Gasteiger partial charge is 0.191 e. The molecule has 0 radical (unpaired) electrons. The summed E-state index contributed by atoms with van der Waals surface area (Å²) >= 11 is 0. The molecule has 2 rings (SSSR count). The van der Waals surface area contributed by atoms with E-state index in [0.29, 0.717) is 0 Å². The molecule has 5 heteroatoms. The van der Waals surface area contributed by atoms with Crippen LogP contribution in [0.2, 0.25) is 0 Å². The second-order valence-electron chi connectivity index (χ2n) is 6.70. The summed E-state index contributed by atoms with van der Waals surface area (Å²) < 4.78 is 10.7. The van der Waals surface area contributed by atoms with Gasteiger partial charge in [-0.25, -0.2) is 0 Å². The van der Waals surface area contributed by atoms with Crippen molar-refractivity contribution in [3.63, 3.8) is 0 Å². The van der Waals surface area contributed by atoms with Crippen molar-refractivity contribution in [1.29, 1.82) is 0 Å². The Hall–Kier alpha value is -1.91. The number of hydrogen-bond donors (Lipinski definition) is 2. The monoisotopic (exact) mass is 319 g/mol. The number of aliphatic imine (C=N–C) groups is 1. The van der Waals surface area contributed by atoms with E-state index in [1.165, 1.54) is 18.4 Å². The molecule has 1 aromatic carbocycles. The molecule has 0 aliphatic heterocycles. The SMILES string of the molecule is CN=C(NCC1CC1)NCC(C)(C)c1ccc(OC)c(OC)c1. The summed E-state index contributed by atoms with van der Waals surface area (Å²) in [7, 11) is 5.13. The number of nitrogens with zero attached hydrogens (tertiary/aromatic N) is 1. The summed E-state index contributed by atoms with van der Waals surface area (Å²) in [6.45, 7) is 6.20. The molecule has 128 valence electrons. The van der Waals surface area contributed by atoms with Gasteiger partial charge in [0.25, 0.3) is 0 Å². The van der Waals surface area contributed by atoms with Crippen molar-refractivity contribution in [2.45, 2.75) is 32.1 Å². The van der Waals surface area contributed by atoms with Crippen LogP contribution in [0, 0.1) is 5.92 Å². The third kappa shape index (κ3) is 4.78. The fourth-order valence-corrected chi connectivity index (χ4v) is 2.45. The molecule has 1 fully saturated rings. The molecule has 1 aliphatic rings. The average Bonchev–Trinajstić information content (AvgIpc) is 3.38. The Morgan fingerprint density at radius 3 is 2.43 bits per heavy atom. The van der Waals surface area contributed by atoms with Crippen LogP contribution in [0.5, 0.6) is 11.5 Å². The van der Waals surface area contributed by atoms with Crippen LogP contribution >= 0.6 is 0 Å². The highest BCUT2D eigenvalue weighted by molar-refractivity contribution is 5.79.